The molecule has 1 unspecified atom stereocenters. The van der Waals surface area contributed by atoms with Gasteiger partial charge in [0.15, 0.2) is 0 Å². The molecule has 0 spiro atoms. The quantitative estimate of drug-likeness (QED) is 0.663. The van der Waals surface area contributed by atoms with Crippen LogP contribution in [0.15, 0.2) is 18.2 Å². The van der Waals surface area contributed by atoms with Gasteiger partial charge in [0.1, 0.15) is 0 Å². The fourth-order valence-corrected chi connectivity index (χ4v) is 2.45. The highest BCUT2D eigenvalue weighted by Gasteiger charge is 2.34. The molecule has 1 amide bonds. The van der Waals surface area contributed by atoms with E-state index in [4.69, 9.17) is 11.6 Å². The van der Waals surface area contributed by atoms with Gasteiger partial charge in [0, 0.05) is 12.1 Å². The van der Waals surface area contributed by atoms with Gasteiger partial charge in [0.2, 0.25) is 5.91 Å². The van der Waals surface area contributed by atoms with Crippen molar-refractivity contribution in [2.75, 3.05) is 11.9 Å². The van der Waals surface area contributed by atoms with E-state index < -0.39 is 10.5 Å². The molecule has 1 fully saturated rings. The van der Waals surface area contributed by atoms with E-state index in [9.17, 15) is 14.9 Å². The van der Waals surface area contributed by atoms with E-state index in [-0.39, 0.29) is 16.6 Å². The number of nitro benzene ring substituents is 1. The second-order valence-corrected chi connectivity index (χ2v) is 5.50. The number of carbonyl (C=O) groups is 1. The van der Waals surface area contributed by atoms with E-state index >= 15 is 0 Å². The number of nitrogens with zero attached hydrogens (tertiary/aromatic N) is 1. The van der Waals surface area contributed by atoms with Gasteiger partial charge in [-0.1, -0.05) is 11.6 Å². The number of amides is 1. The topological polar surface area (TPSA) is 84.3 Å². The number of hydrogen-bond donors (Lipinski definition) is 2. The van der Waals surface area contributed by atoms with Crippen molar-refractivity contribution in [3.63, 3.8) is 0 Å². The van der Waals surface area contributed by atoms with E-state index in [0.717, 1.165) is 25.8 Å². The van der Waals surface area contributed by atoms with Crippen LogP contribution in [0, 0.1) is 10.1 Å². The van der Waals surface area contributed by atoms with Crippen LogP contribution in [-0.2, 0) is 4.79 Å². The Balaban J connectivity index is 2.13. The van der Waals surface area contributed by atoms with Gasteiger partial charge in [-0.15, -0.1) is 0 Å². The second-order valence-electron chi connectivity index (χ2n) is 5.09. The number of benzene rings is 1. The summed E-state index contributed by atoms with van der Waals surface area (Å²) in [5.41, 5.74) is -0.338. The molecule has 2 N–H and O–H groups in total. The molecular formula is C13H16ClN3O3. The van der Waals surface area contributed by atoms with Crippen LogP contribution in [-0.4, -0.2) is 22.9 Å². The number of piperidine rings is 1. The Morgan fingerprint density at radius 1 is 1.50 bits per heavy atom. The number of non-ortho nitro benzene ring substituents is 1. The molecule has 0 aromatic heterocycles. The Morgan fingerprint density at radius 3 is 2.80 bits per heavy atom. The molecule has 1 atom stereocenters. The molecule has 1 aliphatic rings. The van der Waals surface area contributed by atoms with Gasteiger partial charge in [-0.2, -0.15) is 0 Å². The second kappa shape index (κ2) is 5.76. The molecule has 6 nitrogen and oxygen atoms in total. The summed E-state index contributed by atoms with van der Waals surface area (Å²) in [6.07, 6.45) is 2.80. The average molecular weight is 298 g/mol. The third kappa shape index (κ3) is 3.08. The minimum atomic E-state index is -0.622. The van der Waals surface area contributed by atoms with E-state index in [1.165, 1.54) is 18.2 Å². The molecule has 1 saturated heterocycles. The first-order chi connectivity index (χ1) is 9.42. The minimum Gasteiger partial charge on any atom is -0.323 e. The number of nitrogens with one attached hydrogen (secondary N) is 2. The van der Waals surface area contributed by atoms with E-state index in [2.05, 4.69) is 10.6 Å². The van der Waals surface area contributed by atoms with Gasteiger partial charge in [-0.3, -0.25) is 14.9 Å². The highest BCUT2D eigenvalue weighted by molar-refractivity contribution is 6.34. The maximum atomic E-state index is 12.3. The molecule has 1 aliphatic heterocycles. The summed E-state index contributed by atoms with van der Waals surface area (Å²) in [6, 6.07) is 4.00. The largest absolute Gasteiger partial charge is 0.323 e. The first kappa shape index (κ1) is 14.7. The smallest absolute Gasteiger partial charge is 0.271 e. The van der Waals surface area contributed by atoms with Gasteiger partial charge >= 0.3 is 0 Å². The number of nitro groups is 1. The summed E-state index contributed by atoms with van der Waals surface area (Å²) in [5.74, 6) is -0.173. The van der Waals surface area contributed by atoms with Crippen molar-refractivity contribution in [2.24, 2.45) is 0 Å². The van der Waals surface area contributed by atoms with Crippen molar-refractivity contribution in [1.82, 2.24) is 5.32 Å². The third-order valence-corrected chi connectivity index (χ3v) is 3.84. The summed E-state index contributed by atoms with van der Waals surface area (Å²) in [5, 5.41) is 16.7. The molecule has 7 heteroatoms. The standard InChI is InChI=1S/C13H16ClN3O3/c1-13(6-2-3-7-15-13)12(18)16-11-5-4-9(17(19)20)8-10(11)14/h4-5,8,15H,2-3,6-7H2,1H3,(H,16,18). The molecule has 108 valence electrons. The molecule has 0 saturated carbocycles. The predicted molar refractivity (Wildman–Crippen MR) is 77.0 cm³/mol. The lowest BCUT2D eigenvalue weighted by Crippen LogP contribution is -2.54. The predicted octanol–water partition coefficient (Wildman–Crippen LogP) is 2.72. The van der Waals surface area contributed by atoms with E-state index in [1.807, 2.05) is 6.92 Å². The first-order valence-corrected chi connectivity index (χ1v) is 6.80. The van der Waals surface area contributed by atoms with Crippen LogP contribution in [0.4, 0.5) is 11.4 Å². The highest BCUT2D eigenvalue weighted by Crippen LogP contribution is 2.28. The number of hydrogen-bond acceptors (Lipinski definition) is 4. The maximum absolute atomic E-state index is 12.3. The van der Waals surface area contributed by atoms with Gasteiger partial charge < -0.3 is 10.6 Å². The molecule has 0 radical (unpaired) electrons. The number of carbonyl (C=O) groups excluding carboxylic acids is 1. The van der Waals surface area contributed by atoms with Gasteiger partial charge in [0.05, 0.1) is 21.2 Å². The van der Waals surface area contributed by atoms with Crippen molar-refractivity contribution in [3.8, 4) is 0 Å². The number of halogens is 1. The van der Waals surface area contributed by atoms with Crippen LogP contribution in [0.25, 0.3) is 0 Å². The van der Waals surface area contributed by atoms with Crippen molar-refractivity contribution in [2.45, 2.75) is 31.7 Å². The van der Waals surface area contributed by atoms with Crippen LogP contribution in [0.5, 0.6) is 0 Å². The van der Waals surface area contributed by atoms with Gasteiger partial charge in [0.25, 0.3) is 5.69 Å². The lowest BCUT2D eigenvalue weighted by molar-refractivity contribution is -0.384. The number of rotatable bonds is 3. The van der Waals surface area contributed by atoms with Gasteiger partial charge in [-0.25, -0.2) is 0 Å². The first-order valence-electron chi connectivity index (χ1n) is 6.43. The van der Waals surface area contributed by atoms with Crippen molar-refractivity contribution in [1.29, 1.82) is 0 Å². The van der Waals surface area contributed by atoms with Crippen molar-refractivity contribution >= 4 is 28.9 Å². The van der Waals surface area contributed by atoms with Crippen LogP contribution < -0.4 is 10.6 Å². The highest BCUT2D eigenvalue weighted by atomic mass is 35.5. The zero-order valence-corrected chi connectivity index (χ0v) is 11.9. The fourth-order valence-electron chi connectivity index (χ4n) is 2.23. The molecule has 1 aromatic carbocycles. The van der Waals surface area contributed by atoms with Crippen LogP contribution in [0.2, 0.25) is 5.02 Å². The zero-order valence-electron chi connectivity index (χ0n) is 11.1. The Labute approximate surface area is 121 Å². The van der Waals surface area contributed by atoms with Gasteiger partial charge in [-0.05, 0) is 38.8 Å². The zero-order chi connectivity index (χ0) is 14.8. The summed E-state index contributed by atoms with van der Waals surface area (Å²) in [7, 11) is 0. The fraction of sp³-hybridized carbons (Fsp3) is 0.462. The summed E-state index contributed by atoms with van der Waals surface area (Å²) >= 11 is 5.96. The van der Waals surface area contributed by atoms with E-state index in [0.29, 0.717) is 5.69 Å². The summed E-state index contributed by atoms with van der Waals surface area (Å²) < 4.78 is 0. The monoisotopic (exact) mass is 297 g/mol. The lowest BCUT2D eigenvalue weighted by Gasteiger charge is -2.33. The average Bonchev–Trinajstić information content (AvgIpc) is 2.41. The van der Waals surface area contributed by atoms with Crippen molar-refractivity contribution in [3.05, 3.63) is 33.3 Å². The normalized spacial score (nSPS) is 22.3. The molecule has 0 aliphatic carbocycles. The Bertz CT molecular complexity index is 542. The van der Waals surface area contributed by atoms with Crippen LogP contribution in [0.3, 0.4) is 0 Å². The Kier molecular flexibility index (Phi) is 4.25. The van der Waals surface area contributed by atoms with Crippen LogP contribution in [0.1, 0.15) is 26.2 Å². The van der Waals surface area contributed by atoms with E-state index in [1.54, 1.807) is 0 Å². The Morgan fingerprint density at radius 2 is 2.25 bits per heavy atom. The molecule has 20 heavy (non-hydrogen) atoms. The molecule has 1 heterocycles. The summed E-state index contributed by atoms with van der Waals surface area (Å²) in [6.45, 7) is 2.65. The SMILES string of the molecule is CC1(C(=O)Nc2ccc([N+](=O)[O-])cc2Cl)CCCCN1. The van der Waals surface area contributed by atoms with Crippen LogP contribution >= 0.6 is 11.6 Å². The third-order valence-electron chi connectivity index (χ3n) is 3.53. The molecule has 1 aromatic rings. The lowest BCUT2D eigenvalue weighted by atomic mass is 9.90. The Hall–Kier alpha value is -1.66. The molecular weight excluding hydrogens is 282 g/mol. The maximum Gasteiger partial charge on any atom is 0.271 e. The minimum absolute atomic E-state index is 0.102. The van der Waals surface area contributed by atoms with Crippen molar-refractivity contribution < 1.29 is 9.72 Å². The summed E-state index contributed by atoms with van der Waals surface area (Å²) in [4.78, 5) is 22.4. The molecule has 0 bridgehead atoms. The molecule has 2 rings (SSSR count). The number of anilines is 1.